The molecule has 0 radical (unpaired) electrons. The summed E-state index contributed by atoms with van der Waals surface area (Å²) in [5.41, 5.74) is 1.37. The molecule has 7 heteroatoms. The lowest BCUT2D eigenvalue weighted by Crippen LogP contribution is -2.31. The van der Waals surface area contributed by atoms with Crippen LogP contribution in [0.1, 0.15) is 38.6 Å². The van der Waals surface area contributed by atoms with Crippen molar-refractivity contribution in [2.75, 3.05) is 0 Å². The van der Waals surface area contributed by atoms with Crippen LogP contribution >= 0.6 is 0 Å². The summed E-state index contributed by atoms with van der Waals surface area (Å²) in [7, 11) is -3.71. The molecule has 1 heterocycles. The maximum absolute atomic E-state index is 12.1. The van der Waals surface area contributed by atoms with E-state index in [0.717, 1.165) is 12.1 Å². The molecule has 0 aliphatic heterocycles. The Hall–Kier alpha value is -1.37. The molecule has 108 valence electrons. The number of aromatic nitrogens is 2. The lowest BCUT2D eigenvalue weighted by atomic mass is 10.3. The smallest absolute Gasteiger partial charge is 0.321 e. The maximum atomic E-state index is 12.1. The molecule has 1 unspecified atom stereocenters. The van der Waals surface area contributed by atoms with Crippen molar-refractivity contribution >= 4 is 15.8 Å². The molecule has 1 aromatic rings. The first kappa shape index (κ1) is 15.7. The average molecular weight is 288 g/mol. The van der Waals surface area contributed by atoms with Gasteiger partial charge in [0.05, 0.1) is 17.1 Å². The van der Waals surface area contributed by atoms with Gasteiger partial charge in [0, 0.05) is 6.54 Å². The predicted molar refractivity (Wildman–Crippen MR) is 71.6 cm³/mol. The van der Waals surface area contributed by atoms with Crippen molar-refractivity contribution in [3.63, 3.8) is 0 Å². The monoisotopic (exact) mass is 288 g/mol. The second-order valence-corrected chi connectivity index (χ2v) is 6.52. The maximum Gasteiger partial charge on any atom is 0.321 e. The SMILES string of the molecule is CCc1cc(CS(=O)(=O)C(CC)C(=O)O)n(CC)n1. The summed E-state index contributed by atoms with van der Waals surface area (Å²) in [6.07, 6.45) is 0.786. The minimum absolute atomic E-state index is 0.0680. The van der Waals surface area contributed by atoms with Crippen molar-refractivity contribution in [3.05, 3.63) is 17.5 Å². The average Bonchev–Trinajstić information content (AvgIpc) is 2.70. The molecule has 0 bridgehead atoms. The second kappa shape index (κ2) is 6.18. The van der Waals surface area contributed by atoms with Gasteiger partial charge in [-0.2, -0.15) is 5.10 Å². The van der Waals surface area contributed by atoms with E-state index < -0.39 is 21.1 Å². The lowest BCUT2D eigenvalue weighted by molar-refractivity contribution is -0.136. The molecule has 0 saturated heterocycles. The highest BCUT2D eigenvalue weighted by atomic mass is 32.2. The summed E-state index contributed by atoms with van der Waals surface area (Å²) >= 11 is 0. The Kier molecular flexibility index (Phi) is 5.11. The van der Waals surface area contributed by atoms with Crippen LogP contribution in [0, 0.1) is 0 Å². The van der Waals surface area contributed by atoms with Crippen molar-refractivity contribution in [2.24, 2.45) is 0 Å². The molecule has 1 atom stereocenters. The summed E-state index contributed by atoms with van der Waals surface area (Å²) in [6.45, 7) is 5.93. The van der Waals surface area contributed by atoms with Gasteiger partial charge in [-0.1, -0.05) is 13.8 Å². The van der Waals surface area contributed by atoms with Gasteiger partial charge in [-0.15, -0.1) is 0 Å². The molecule has 0 saturated carbocycles. The highest BCUT2D eigenvalue weighted by Crippen LogP contribution is 2.16. The number of rotatable bonds is 7. The number of carbonyl (C=O) groups is 1. The van der Waals surface area contributed by atoms with Gasteiger partial charge in [-0.05, 0) is 25.8 Å². The van der Waals surface area contributed by atoms with Crippen molar-refractivity contribution in [2.45, 2.75) is 51.2 Å². The fourth-order valence-corrected chi connectivity index (χ4v) is 3.63. The molecule has 0 amide bonds. The third kappa shape index (κ3) is 3.56. The van der Waals surface area contributed by atoms with E-state index in [1.807, 2.05) is 13.8 Å². The van der Waals surface area contributed by atoms with Crippen LogP contribution in [0.5, 0.6) is 0 Å². The Morgan fingerprint density at radius 1 is 1.42 bits per heavy atom. The number of carboxylic acid groups (broad SMARTS) is 1. The van der Waals surface area contributed by atoms with Crippen molar-refractivity contribution in [3.8, 4) is 0 Å². The Labute approximate surface area is 113 Å². The van der Waals surface area contributed by atoms with Crippen molar-refractivity contribution in [1.29, 1.82) is 0 Å². The van der Waals surface area contributed by atoms with E-state index in [1.54, 1.807) is 17.7 Å². The van der Waals surface area contributed by atoms with Gasteiger partial charge in [-0.25, -0.2) is 8.42 Å². The van der Waals surface area contributed by atoms with Crippen LogP contribution < -0.4 is 0 Å². The Morgan fingerprint density at radius 2 is 2.05 bits per heavy atom. The van der Waals surface area contributed by atoms with Gasteiger partial charge in [0.2, 0.25) is 0 Å². The number of hydrogen-bond donors (Lipinski definition) is 1. The minimum Gasteiger partial charge on any atom is -0.480 e. The zero-order valence-electron chi connectivity index (χ0n) is 11.5. The van der Waals surface area contributed by atoms with Crippen molar-refractivity contribution in [1.82, 2.24) is 9.78 Å². The summed E-state index contributed by atoms with van der Waals surface area (Å²) in [4.78, 5) is 11.0. The van der Waals surface area contributed by atoms with E-state index >= 15 is 0 Å². The largest absolute Gasteiger partial charge is 0.480 e. The molecule has 0 aliphatic rings. The van der Waals surface area contributed by atoms with Crippen LogP contribution in [-0.4, -0.2) is 34.5 Å². The molecule has 0 aromatic carbocycles. The summed E-state index contributed by atoms with van der Waals surface area (Å²) < 4.78 is 25.8. The van der Waals surface area contributed by atoms with Crippen LogP contribution in [-0.2, 0) is 33.4 Å². The third-order valence-corrected chi connectivity index (χ3v) is 5.10. The van der Waals surface area contributed by atoms with E-state index in [9.17, 15) is 13.2 Å². The fourth-order valence-electron chi connectivity index (χ4n) is 1.97. The van der Waals surface area contributed by atoms with Gasteiger partial charge < -0.3 is 5.11 Å². The van der Waals surface area contributed by atoms with Crippen LogP contribution in [0.15, 0.2) is 6.07 Å². The number of nitrogens with zero attached hydrogens (tertiary/aromatic N) is 2. The zero-order valence-corrected chi connectivity index (χ0v) is 12.3. The summed E-state index contributed by atoms with van der Waals surface area (Å²) in [5, 5.41) is 11.9. The molecule has 1 rings (SSSR count). The summed E-state index contributed by atoms with van der Waals surface area (Å²) in [6, 6.07) is 1.73. The van der Waals surface area contributed by atoms with Gasteiger partial charge >= 0.3 is 5.97 Å². The molecule has 0 aliphatic carbocycles. The third-order valence-electron chi connectivity index (χ3n) is 3.00. The molecule has 1 aromatic heterocycles. The number of aryl methyl sites for hydroxylation is 2. The lowest BCUT2D eigenvalue weighted by Gasteiger charge is -2.11. The van der Waals surface area contributed by atoms with E-state index in [4.69, 9.17) is 5.11 Å². The molecular weight excluding hydrogens is 268 g/mol. The molecule has 1 N–H and O–H groups in total. The van der Waals surface area contributed by atoms with Gasteiger partial charge in [0.1, 0.15) is 0 Å². The minimum atomic E-state index is -3.71. The topological polar surface area (TPSA) is 89.3 Å². The first-order valence-electron chi connectivity index (χ1n) is 6.35. The predicted octanol–water partition coefficient (Wildman–Crippen LogP) is 1.24. The van der Waals surface area contributed by atoms with E-state index in [1.165, 1.54) is 0 Å². The van der Waals surface area contributed by atoms with Crippen LogP contribution in [0.4, 0.5) is 0 Å². The normalized spacial score (nSPS) is 13.4. The molecule has 6 nitrogen and oxygen atoms in total. The molecule has 19 heavy (non-hydrogen) atoms. The second-order valence-electron chi connectivity index (χ2n) is 4.34. The first-order chi connectivity index (χ1) is 8.85. The van der Waals surface area contributed by atoms with Gasteiger partial charge in [0.25, 0.3) is 0 Å². The number of sulfone groups is 1. The Balaban J connectivity index is 3.07. The van der Waals surface area contributed by atoms with Crippen molar-refractivity contribution < 1.29 is 18.3 Å². The number of aliphatic carboxylic acids is 1. The molecular formula is C12H20N2O4S. The fraction of sp³-hybridized carbons (Fsp3) is 0.667. The highest BCUT2D eigenvalue weighted by Gasteiger charge is 2.31. The van der Waals surface area contributed by atoms with Crippen LogP contribution in [0.3, 0.4) is 0 Å². The van der Waals surface area contributed by atoms with E-state index in [-0.39, 0.29) is 12.2 Å². The Bertz CT molecular complexity index is 548. The Morgan fingerprint density at radius 3 is 2.47 bits per heavy atom. The van der Waals surface area contributed by atoms with Gasteiger partial charge in [0.15, 0.2) is 15.1 Å². The zero-order chi connectivity index (χ0) is 14.6. The highest BCUT2D eigenvalue weighted by molar-refractivity contribution is 7.92. The van der Waals surface area contributed by atoms with Crippen LogP contribution in [0.25, 0.3) is 0 Å². The van der Waals surface area contributed by atoms with E-state index in [0.29, 0.717) is 12.2 Å². The molecule has 0 spiro atoms. The quantitative estimate of drug-likeness (QED) is 0.815. The number of carboxylic acids is 1. The number of hydrogen-bond acceptors (Lipinski definition) is 4. The first-order valence-corrected chi connectivity index (χ1v) is 8.07. The molecule has 0 fully saturated rings. The van der Waals surface area contributed by atoms with E-state index in [2.05, 4.69) is 5.10 Å². The summed E-state index contributed by atoms with van der Waals surface area (Å²) in [5.74, 6) is -1.57. The van der Waals surface area contributed by atoms with Gasteiger partial charge in [-0.3, -0.25) is 9.48 Å². The van der Waals surface area contributed by atoms with Crippen LogP contribution in [0.2, 0.25) is 0 Å². The standard InChI is InChI=1S/C12H20N2O4S/c1-4-9-7-10(14(6-3)13-9)8-19(17,18)11(5-2)12(15)16/h7,11H,4-6,8H2,1-3H3,(H,15,16).